The first kappa shape index (κ1) is 20.7. The minimum atomic E-state index is -0.0787. The van der Waals surface area contributed by atoms with Crippen LogP contribution in [0.4, 0.5) is 5.69 Å². The van der Waals surface area contributed by atoms with Crippen molar-refractivity contribution >= 4 is 11.7 Å². The van der Waals surface area contributed by atoms with Gasteiger partial charge in [-0.2, -0.15) is 0 Å². The number of benzene rings is 1. The number of rotatable bonds is 4. The number of nitrogens with two attached hydrogens (primary N) is 1. The van der Waals surface area contributed by atoms with Crippen LogP contribution < -0.4 is 10.6 Å². The molecule has 0 aromatic heterocycles. The molecule has 4 rings (SSSR count). The number of allylic oxidation sites excluding steroid dienone is 3. The van der Waals surface area contributed by atoms with E-state index < -0.39 is 0 Å². The van der Waals surface area contributed by atoms with Crippen LogP contribution >= 0.6 is 0 Å². The Kier molecular flexibility index (Phi) is 6.28. The number of hydrogen-bond donors (Lipinski definition) is 1. The van der Waals surface area contributed by atoms with E-state index >= 15 is 0 Å². The normalized spacial score (nSPS) is 20.7. The molecular weight excluding hydrogens is 374 g/mol. The van der Waals surface area contributed by atoms with Crippen molar-refractivity contribution in [2.45, 2.75) is 51.9 Å². The van der Waals surface area contributed by atoms with Gasteiger partial charge in [0.2, 0.25) is 0 Å². The van der Waals surface area contributed by atoms with Gasteiger partial charge < -0.3 is 15.4 Å². The van der Waals surface area contributed by atoms with Gasteiger partial charge in [-0.15, -0.1) is 0 Å². The Morgan fingerprint density at radius 3 is 2.70 bits per heavy atom. The average molecular weight is 410 g/mol. The molecule has 2 aliphatic heterocycles. The maximum atomic E-state index is 11.9. The van der Waals surface area contributed by atoms with Crippen molar-refractivity contribution in [1.82, 2.24) is 4.90 Å². The Morgan fingerprint density at radius 1 is 1.10 bits per heavy atom. The van der Waals surface area contributed by atoms with E-state index in [1.165, 1.54) is 40.2 Å². The number of fused-ring (bicyclic) bond motifs is 1. The van der Waals surface area contributed by atoms with Crippen LogP contribution in [0.3, 0.4) is 0 Å². The molecule has 0 radical (unpaired) electrons. The Bertz CT molecular complexity index is 906. The Labute approximate surface area is 181 Å². The van der Waals surface area contributed by atoms with Crippen LogP contribution in [-0.4, -0.2) is 37.1 Å². The molecule has 0 unspecified atom stereocenters. The minimum Gasteiger partial charge on any atom is -0.464 e. The highest BCUT2D eigenvalue weighted by Gasteiger charge is 2.36. The van der Waals surface area contributed by atoms with E-state index in [1.807, 2.05) is 0 Å². The fourth-order valence-corrected chi connectivity index (χ4v) is 4.98. The number of anilines is 1. The lowest BCUT2D eigenvalue weighted by molar-refractivity contribution is -0.143. The van der Waals surface area contributed by atoms with E-state index in [9.17, 15) is 4.79 Å². The Morgan fingerprint density at radius 2 is 1.90 bits per heavy atom. The summed E-state index contributed by atoms with van der Waals surface area (Å²) >= 11 is 0. The van der Waals surface area contributed by atoms with Crippen LogP contribution in [0.2, 0.25) is 0 Å². The molecule has 1 saturated heterocycles. The zero-order chi connectivity index (χ0) is 21.1. The summed E-state index contributed by atoms with van der Waals surface area (Å²) < 4.78 is 5.47. The van der Waals surface area contributed by atoms with Crippen molar-refractivity contribution in [1.29, 1.82) is 0 Å². The van der Waals surface area contributed by atoms with Gasteiger partial charge in [-0.3, -0.25) is 9.69 Å². The summed E-state index contributed by atoms with van der Waals surface area (Å²) in [6.07, 6.45) is 6.55. The summed E-state index contributed by atoms with van der Waals surface area (Å²) in [5.74, 6) is 1.16. The van der Waals surface area contributed by atoms with E-state index in [1.54, 1.807) is 0 Å². The maximum Gasteiger partial charge on any atom is 0.305 e. The molecule has 2 heterocycles. The second-order valence-corrected chi connectivity index (χ2v) is 8.38. The van der Waals surface area contributed by atoms with E-state index in [2.05, 4.69) is 47.6 Å². The number of carbonyl (C=O) groups excluding carboxylic acids is 1. The number of hydrogen-bond acceptors (Lipinski definition) is 5. The van der Waals surface area contributed by atoms with Crippen LogP contribution in [0.5, 0.6) is 0 Å². The predicted molar refractivity (Wildman–Crippen MR) is 123 cm³/mol. The quantitative estimate of drug-likeness (QED) is 0.734. The first-order valence-corrected chi connectivity index (χ1v) is 11.2. The molecule has 0 bridgehead atoms. The van der Waals surface area contributed by atoms with E-state index in [-0.39, 0.29) is 7.40 Å². The third-order valence-corrected chi connectivity index (χ3v) is 6.42. The molecule has 0 amide bonds. The van der Waals surface area contributed by atoms with Gasteiger partial charge in [0.05, 0.1) is 12.2 Å². The number of para-hydroxylation sites is 1. The summed E-state index contributed by atoms with van der Waals surface area (Å²) in [6, 6.07) is 8.50. The monoisotopic (exact) mass is 409 g/mol. The van der Waals surface area contributed by atoms with Gasteiger partial charge in [-0.25, -0.2) is 0 Å². The number of nitrogens with zero attached hydrogens (tertiary/aromatic N) is 2. The molecule has 3 aliphatic rings. The fourth-order valence-electron chi connectivity index (χ4n) is 4.98. The van der Waals surface area contributed by atoms with Crippen LogP contribution in [0.25, 0.3) is 0 Å². The summed E-state index contributed by atoms with van der Waals surface area (Å²) in [5.41, 5.74) is 13.6. The highest BCUT2D eigenvalue weighted by Crippen LogP contribution is 2.47. The van der Waals surface area contributed by atoms with Gasteiger partial charge in [0, 0.05) is 20.1 Å². The van der Waals surface area contributed by atoms with Gasteiger partial charge in [0.25, 0.3) is 0 Å². The maximum absolute atomic E-state index is 11.9. The molecular formula is C25H35N3O2. The van der Waals surface area contributed by atoms with Crippen molar-refractivity contribution < 1.29 is 11.0 Å². The van der Waals surface area contributed by atoms with Gasteiger partial charge in [-0.05, 0) is 80.3 Å². The van der Waals surface area contributed by atoms with Crippen molar-refractivity contribution in [3.63, 3.8) is 0 Å². The lowest BCUT2D eigenvalue weighted by atomic mass is 9.92. The highest BCUT2D eigenvalue weighted by molar-refractivity contribution is 5.71. The van der Waals surface area contributed by atoms with Crippen LogP contribution in [0.15, 0.2) is 59.1 Å². The third kappa shape index (κ3) is 3.91. The van der Waals surface area contributed by atoms with Crippen molar-refractivity contribution in [3.8, 4) is 0 Å². The second-order valence-electron chi connectivity index (χ2n) is 8.38. The largest absolute Gasteiger partial charge is 0.464 e. The molecule has 5 heteroatoms. The summed E-state index contributed by atoms with van der Waals surface area (Å²) in [4.78, 5) is 16.6. The van der Waals surface area contributed by atoms with Gasteiger partial charge in [0.15, 0.2) is 0 Å². The molecule has 2 N–H and O–H groups in total. The molecule has 5 nitrogen and oxygen atoms in total. The average Bonchev–Trinajstić information content (AvgIpc) is 3.24. The van der Waals surface area contributed by atoms with Gasteiger partial charge >= 0.3 is 5.97 Å². The topological polar surface area (TPSA) is 58.8 Å². The molecule has 1 aliphatic carbocycles. The zero-order valence-electron chi connectivity index (χ0n) is 18.1. The van der Waals surface area contributed by atoms with E-state index in [0.29, 0.717) is 26.1 Å². The predicted octanol–water partition coefficient (Wildman–Crippen LogP) is 4.64. The molecule has 0 atom stereocenters. The van der Waals surface area contributed by atoms with Gasteiger partial charge in [0.1, 0.15) is 12.4 Å². The number of esters is 1. The van der Waals surface area contributed by atoms with Crippen molar-refractivity contribution in [3.05, 3.63) is 64.6 Å². The summed E-state index contributed by atoms with van der Waals surface area (Å²) in [5, 5.41) is 0. The smallest absolute Gasteiger partial charge is 0.305 e. The molecule has 2 fully saturated rings. The molecule has 162 valence electrons. The standard InChI is InChI=1S/C25H33N3O2.H2/c1-18-8-3-4-11-23(18)28-19(2)20(13-14-26)21-9-7-10-22(21)25(28)27-15-6-5-12-24(29)30-17-16-27;/h3-4,8,11H,2,5-7,9-10,12-17,26H2,1H3;1H. The van der Waals surface area contributed by atoms with Crippen LogP contribution in [0.1, 0.15) is 51.9 Å². The van der Waals surface area contributed by atoms with E-state index in [4.69, 9.17) is 10.5 Å². The molecule has 1 saturated carbocycles. The lowest BCUT2D eigenvalue weighted by Crippen LogP contribution is -2.41. The Hall–Kier alpha value is -2.53. The van der Waals surface area contributed by atoms with Crippen molar-refractivity contribution in [2.75, 3.05) is 31.1 Å². The molecule has 30 heavy (non-hydrogen) atoms. The van der Waals surface area contributed by atoms with E-state index in [0.717, 1.165) is 44.3 Å². The molecule has 1 aromatic rings. The number of cyclic esters (lactones) is 1. The minimum absolute atomic E-state index is 0. The number of aryl methyl sites for hydroxylation is 1. The fraction of sp³-hybridized carbons (Fsp3) is 0.480. The summed E-state index contributed by atoms with van der Waals surface area (Å²) in [6.45, 7) is 9.40. The third-order valence-electron chi connectivity index (χ3n) is 6.42. The molecule has 1 aromatic carbocycles. The van der Waals surface area contributed by atoms with Crippen LogP contribution in [-0.2, 0) is 9.53 Å². The summed E-state index contributed by atoms with van der Waals surface area (Å²) in [7, 11) is 0. The second kappa shape index (κ2) is 9.09. The first-order chi connectivity index (χ1) is 14.6. The SMILES string of the molecule is C=C1C(CCN)=C2CCCC2=C(N2CCCCC(=O)OCC2)N1c1ccccc1C.[HH]. The molecule has 0 spiro atoms. The first-order valence-electron chi connectivity index (χ1n) is 11.2. The van der Waals surface area contributed by atoms with Crippen LogP contribution in [0, 0.1) is 6.92 Å². The zero-order valence-corrected chi connectivity index (χ0v) is 18.1. The Balaban J connectivity index is 0.00000272. The highest BCUT2D eigenvalue weighted by atomic mass is 16.5. The lowest BCUT2D eigenvalue weighted by Gasteiger charge is -2.42. The number of ether oxygens (including phenoxy) is 1. The van der Waals surface area contributed by atoms with Gasteiger partial charge in [-0.1, -0.05) is 24.8 Å². The van der Waals surface area contributed by atoms with Crippen molar-refractivity contribution in [2.24, 2.45) is 5.73 Å². The number of carbonyl (C=O) groups is 1.